The summed E-state index contributed by atoms with van der Waals surface area (Å²) >= 11 is 0. The first-order chi connectivity index (χ1) is 13.6. The second-order valence-electron chi connectivity index (χ2n) is 7.67. The first kappa shape index (κ1) is 16.9. The highest BCUT2D eigenvalue weighted by Crippen LogP contribution is 2.45. The van der Waals surface area contributed by atoms with Crippen molar-refractivity contribution < 1.29 is 14.8 Å². The summed E-state index contributed by atoms with van der Waals surface area (Å²) in [5.74, 6) is -0.384. The van der Waals surface area contributed by atoms with Crippen molar-refractivity contribution in [3.05, 3.63) is 65.6 Å². The lowest BCUT2D eigenvalue weighted by molar-refractivity contribution is -0.126. The van der Waals surface area contributed by atoms with Crippen LogP contribution >= 0.6 is 0 Å². The number of hydrogen-bond acceptors (Lipinski definition) is 4. The molecule has 2 amide bonds. The Morgan fingerprint density at radius 2 is 2.07 bits per heavy atom. The van der Waals surface area contributed by atoms with Gasteiger partial charge in [-0.15, -0.1) is 0 Å². The maximum absolute atomic E-state index is 13.4. The predicted octanol–water partition coefficient (Wildman–Crippen LogP) is 2.37. The van der Waals surface area contributed by atoms with E-state index in [2.05, 4.69) is 4.98 Å². The summed E-state index contributed by atoms with van der Waals surface area (Å²) in [6.07, 6.45) is 8.61. The van der Waals surface area contributed by atoms with Crippen molar-refractivity contribution in [1.82, 2.24) is 14.9 Å². The molecule has 3 heterocycles. The SMILES string of the molecule is O=C(NO)c1ccc2c(c1)C[C@]1(CC2)CCN(c2ccc3nccn3c2)C1=O. The number of hydrogen-bond donors (Lipinski definition) is 2. The largest absolute Gasteiger partial charge is 0.310 e. The molecule has 7 heteroatoms. The summed E-state index contributed by atoms with van der Waals surface area (Å²) < 4.78 is 1.92. The van der Waals surface area contributed by atoms with Crippen LogP contribution in [0.15, 0.2) is 48.9 Å². The first-order valence-electron chi connectivity index (χ1n) is 9.41. The Bertz CT molecular complexity index is 1110. The third-order valence-corrected chi connectivity index (χ3v) is 6.17. The fraction of sp³-hybridized carbons (Fsp3) is 0.286. The molecule has 1 spiro atoms. The highest BCUT2D eigenvalue weighted by Gasteiger charge is 2.48. The number of carbonyl (C=O) groups is 2. The van der Waals surface area contributed by atoms with Crippen molar-refractivity contribution in [2.45, 2.75) is 25.7 Å². The van der Waals surface area contributed by atoms with Crippen molar-refractivity contribution in [3.8, 4) is 0 Å². The number of imidazole rings is 1. The van der Waals surface area contributed by atoms with Crippen molar-refractivity contribution >= 4 is 23.1 Å². The fourth-order valence-electron chi connectivity index (χ4n) is 4.60. The molecular weight excluding hydrogens is 356 g/mol. The van der Waals surface area contributed by atoms with Gasteiger partial charge in [0, 0.05) is 30.7 Å². The molecule has 1 saturated heterocycles. The van der Waals surface area contributed by atoms with E-state index in [-0.39, 0.29) is 5.91 Å². The molecule has 0 radical (unpaired) electrons. The second kappa shape index (κ2) is 6.17. The average Bonchev–Trinajstić information content (AvgIpc) is 3.31. The van der Waals surface area contributed by atoms with Crippen LogP contribution in [0.3, 0.4) is 0 Å². The molecule has 2 aliphatic rings. The number of fused-ring (bicyclic) bond motifs is 2. The van der Waals surface area contributed by atoms with Gasteiger partial charge in [0.2, 0.25) is 5.91 Å². The van der Waals surface area contributed by atoms with E-state index in [1.54, 1.807) is 23.8 Å². The number of nitrogens with one attached hydrogen (secondary N) is 1. The molecule has 1 aromatic carbocycles. The number of carbonyl (C=O) groups excluding carboxylic acids is 2. The molecule has 1 aliphatic heterocycles. The number of benzene rings is 1. The van der Waals surface area contributed by atoms with Gasteiger partial charge in [-0.1, -0.05) is 6.07 Å². The van der Waals surface area contributed by atoms with Crippen LogP contribution in [0.5, 0.6) is 0 Å². The number of rotatable bonds is 2. The van der Waals surface area contributed by atoms with Crippen LogP contribution in [0.4, 0.5) is 5.69 Å². The second-order valence-corrected chi connectivity index (χ2v) is 7.67. The van der Waals surface area contributed by atoms with Crippen molar-refractivity contribution in [3.63, 3.8) is 0 Å². The summed E-state index contributed by atoms with van der Waals surface area (Å²) in [6.45, 7) is 0.686. The Morgan fingerprint density at radius 3 is 2.93 bits per heavy atom. The number of aromatic nitrogens is 2. The molecule has 142 valence electrons. The zero-order chi connectivity index (χ0) is 19.3. The Hall–Kier alpha value is -3.19. The van der Waals surface area contributed by atoms with Crippen LogP contribution in [-0.4, -0.2) is 33.0 Å². The number of nitrogens with zero attached hydrogens (tertiary/aromatic N) is 3. The van der Waals surface area contributed by atoms with Crippen LogP contribution in [0.25, 0.3) is 5.65 Å². The third-order valence-electron chi connectivity index (χ3n) is 6.17. The predicted molar refractivity (Wildman–Crippen MR) is 102 cm³/mol. The summed E-state index contributed by atoms with van der Waals surface area (Å²) in [5.41, 5.74) is 5.59. The molecule has 1 atom stereocenters. The number of hydroxylamine groups is 1. The van der Waals surface area contributed by atoms with E-state index in [1.807, 2.05) is 39.9 Å². The van der Waals surface area contributed by atoms with Gasteiger partial charge in [-0.2, -0.15) is 0 Å². The highest BCUT2D eigenvalue weighted by molar-refractivity contribution is 6.00. The van der Waals surface area contributed by atoms with E-state index in [0.717, 1.165) is 36.2 Å². The quantitative estimate of drug-likeness (QED) is 0.531. The lowest BCUT2D eigenvalue weighted by Gasteiger charge is -2.33. The molecule has 5 rings (SSSR count). The minimum atomic E-state index is -0.532. The Labute approximate surface area is 161 Å². The van der Waals surface area contributed by atoms with Crippen molar-refractivity contribution in [2.24, 2.45) is 5.41 Å². The van der Waals surface area contributed by atoms with Crippen LogP contribution in [-0.2, 0) is 17.6 Å². The summed E-state index contributed by atoms with van der Waals surface area (Å²) in [4.78, 5) is 31.3. The Morgan fingerprint density at radius 1 is 1.18 bits per heavy atom. The van der Waals surface area contributed by atoms with Crippen LogP contribution in [0, 0.1) is 5.41 Å². The zero-order valence-electron chi connectivity index (χ0n) is 15.3. The zero-order valence-corrected chi connectivity index (χ0v) is 15.3. The highest BCUT2D eigenvalue weighted by atomic mass is 16.5. The number of amides is 2. The topological polar surface area (TPSA) is 86.9 Å². The molecule has 1 aliphatic carbocycles. The number of pyridine rings is 1. The molecule has 2 N–H and O–H groups in total. The van der Waals surface area contributed by atoms with E-state index in [0.29, 0.717) is 18.5 Å². The molecule has 2 aromatic heterocycles. The lowest BCUT2D eigenvalue weighted by atomic mass is 9.70. The smallest absolute Gasteiger partial charge is 0.274 e. The van der Waals surface area contributed by atoms with E-state index in [1.165, 1.54) is 5.56 Å². The maximum atomic E-state index is 13.4. The normalized spacial score (nSPS) is 21.3. The molecule has 28 heavy (non-hydrogen) atoms. The van der Waals surface area contributed by atoms with Gasteiger partial charge in [0.15, 0.2) is 0 Å². The van der Waals surface area contributed by atoms with Gasteiger partial charge in [-0.25, -0.2) is 10.5 Å². The molecular formula is C21H20N4O3. The average molecular weight is 376 g/mol. The van der Waals surface area contributed by atoms with Gasteiger partial charge in [-0.05, 0) is 61.1 Å². The van der Waals surface area contributed by atoms with E-state index < -0.39 is 11.3 Å². The van der Waals surface area contributed by atoms with Gasteiger partial charge in [0.25, 0.3) is 5.91 Å². The van der Waals surface area contributed by atoms with Gasteiger partial charge < -0.3 is 9.30 Å². The summed E-state index contributed by atoms with van der Waals surface area (Å²) in [6, 6.07) is 9.31. The Kier molecular flexibility index (Phi) is 3.73. The standard InChI is InChI=1S/C21H20N4O3/c26-19(23-28)15-2-1-14-5-6-21(12-16(14)11-15)7-9-25(20(21)27)17-3-4-18-22-8-10-24(18)13-17/h1-4,8,10-11,13,28H,5-7,9,12H2,(H,23,26)/t21-/m0/s1. The van der Waals surface area contributed by atoms with Gasteiger partial charge in [-0.3, -0.25) is 14.8 Å². The number of aryl methyl sites for hydroxylation is 1. The number of anilines is 1. The molecule has 0 bridgehead atoms. The molecule has 1 fully saturated rings. The Balaban J connectivity index is 1.45. The molecule has 7 nitrogen and oxygen atoms in total. The minimum absolute atomic E-state index is 0.148. The lowest BCUT2D eigenvalue weighted by Crippen LogP contribution is -2.39. The minimum Gasteiger partial charge on any atom is -0.310 e. The van der Waals surface area contributed by atoms with Crippen molar-refractivity contribution in [2.75, 3.05) is 11.4 Å². The molecule has 3 aromatic rings. The van der Waals surface area contributed by atoms with Crippen LogP contribution in [0.1, 0.15) is 34.3 Å². The van der Waals surface area contributed by atoms with Crippen molar-refractivity contribution in [1.29, 1.82) is 0 Å². The monoisotopic (exact) mass is 376 g/mol. The molecule has 0 unspecified atom stereocenters. The third kappa shape index (κ3) is 2.51. The van der Waals surface area contributed by atoms with Gasteiger partial charge >= 0.3 is 0 Å². The van der Waals surface area contributed by atoms with Crippen LogP contribution in [0.2, 0.25) is 0 Å². The van der Waals surface area contributed by atoms with Gasteiger partial charge in [0.1, 0.15) is 5.65 Å². The van der Waals surface area contributed by atoms with E-state index in [4.69, 9.17) is 5.21 Å². The fourth-order valence-corrected chi connectivity index (χ4v) is 4.60. The van der Waals surface area contributed by atoms with Gasteiger partial charge in [0.05, 0.1) is 11.1 Å². The first-order valence-corrected chi connectivity index (χ1v) is 9.41. The van der Waals surface area contributed by atoms with Crippen LogP contribution < -0.4 is 10.4 Å². The maximum Gasteiger partial charge on any atom is 0.274 e. The molecule has 0 saturated carbocycles. The van der Waals surface area contributed by atoms with E-state index >= 15 is 0 Å². The summed E-state index contributed by atoms with van der Waals surface area (Å²) in [7, 11) is 0. The summed E-state index contributed by atoms with van der Waals surface area (Å²) in [5, 5.41) is 8.89. The van der Waals surface area contributed by atoms with E-state index in [9.17, 15) is 9.59 Å².